The number of benzene rings is 1. The summed E-state index contributed by atoms with van der Waals surface area (Å²) in [5.74, 6) is 1.15. The lowest BCUT2D eigenvalue weighted by Crippen LogP contribution is -2.50. The van der Waals surface area contributed by atoms with Gasteiger partial charge in [-0.3, -0.25) is 14.4 Å². The first kappa shape index (κ1) is 20.6. The van der Waals surface area contributed by atoms with Crippen molar-refractivity contribution in [3.8, 4) is 11.5 Å². The Morgan fingerprint density at radius 2 is 1.84 bits per heavy atom. The van der Waals surface area contributed by atoms with Gasteiger partial charge in [-0.25, -0.2) is 0 Å². The number of carbonyl (C=O) groups excluding carboxylic acids is 2. The zero-order valence-corrected chi connectivity index (χ0v) is 18.3. The van der Waals surface area contributed by atoms with Gasteiger partial charge in [0.15, 0.2) is 0 Å². The summed E-state index contributed by atoms with van der Waals surface area (Å²) in [7, 11) is 3.13. The zero-order valence-electron chi connectivity index (χ0n) is 18.3. The Bertz CT molecular complexity index is 1130. The lowest BCUT2D eigenvalue weighted by atomic mass is 9.82. The number of rotatable bonds is 4. The van der Waals surface area contributed by atoms with Crippen LogP contribution in [0.3, 0.4) is 0 Å². The number of likely N-dealkylation sites (tertiary alicyclic amines) is 1. The maximum Gasteiger partial charge on any atom is 0.250 e. The van der Waals surface area contributed by atoms with E-state index < -0.39 is 5.92 Å². The quantitative estimate of drug-likeness (QED) is 0.730. The van der Waals surface area contributed by atoms with E-state index in [0.29, 0.717) is 43.4 Å². The lowest BCUT2D eigenvalue weighted by Gasteiger charge is -2.43. The fourth-order valence-electron chi connectivity index (χ4n) is 5.45. The van der Waals surface area contributed by atoms with Crippen LogP contribution in [0.4, 0.5) is 5.69 Å². The van der Waals surface area contributed by atoms with Crippen LogP contribution in [0.25, 0.3) is 0 Å². The number of aromatic nitrogens is 1. The molecule has 3 aliphatic rings. The van der Waals surface area contributed by atoms with Gasteiger partial charge >= 0.3 is 0 Å². The van der Waals surface area contributed by atoms with Gasteiger partial charge in [0.1, 0.15) is 11.5 Å². The molecule has 0 unspecified atom stereocenters. The molecule has 1 aromatic carbocycles. The van der Waals surface area contributed by atoms with Gasteiger partial charge in [0.05, 0.1) is 25.8 Å². The third kappa shape index (κ3) is 3.43. The topological polar surface area (TPSA) is 81.1 Å². The summed E-state index contributed by atoms with van der Waals surface area (Å²) in [5, 5.41) is 0. The minimum absolute atomic E-state index is 0.0177. The summed E-state index contributed by atoms with van der Waals surface area (Å²) in [6.45, 7) is 2.18. The summed E-state index contributed by atoms with van der Waals surface area (Å²) in [6, 6.07) is 10.7. The second-order valence-corrected chi connectivity index (χ2v) is 8.88. The summed E-state index contributed by atoms with van der Waals surface area (Å²) >= 11 is 0. The Balaban J connectivity index is 1.35. The van der Waals surface area contributed by atoms with E-state index in [2.05, 4.69) is 0 Å². The van der Waals surface area contributed by atoms with Gasteiger partial charge in [0, 0.05) is 56.3 Å². The van der Waals surface area contributed by atoms with E-state index in [-0.39, 0.29) is 35.6 Å². The first-order valence-electron chi connectivity index (χ1n) is 11.0. The molecule has 2 amide bonds. The molecule has 5 rings (SSSR count). The van der Waals surface area contributed by atoms with E-state index in [1.165, 1.54) is 0 Å². The number of hydrogen-bond acceptors (Lipinski definition) is 5. The largest absolute Gasteiger partial charge is 0.497 e. The first-order valence-corrected chi connectivity index (χ1v) is 11.0. The molecule has 1 aromatic heterocycles. The Morgan fingerprint density at radius 1 is 1.00 bits per heavy atom. The lowest BCUT2D eigenvalue weighted by molar-refractivity contribution is -0.138. The van der Waals surface area contributed by atoms with E-state index in [1.807, 2.05) is 15.5 Å². The maximum atomic E-state index is 13.4. The predicted octanol–water partition coefficient (Wildman–Crippen LogP) is 1.86. The normalized spacial score (nSPS) is 24.3. The monoisotopic (exact) mass is 437 g/mol. The van der Waals surface area contributed by atoms with E-state index in [9.17, 15) is 14.4 Å². The Morgan fingerprint density at radius 3 is 2.62 bits per heavy atom. The molecule has 8 nitrogen and oxygen atoms in total. The highest BCUT2D eigenvalue weighted by atomic mass is 16.5. The van der Waals surface area contributed by atoms with Crippen LogP contribution in [-0.2, 0) is 16.1 Å². The van der Waals surface area contributed by atoms with Gasteiger partial charge in [-0.05, 0) is 30.5 Å². The summed E-state index contributed by atoms with van der Waals surface area (Å²) < 4.78 is 12.6. The molecule has 0 radical (unpaired) electrons. The number of ether oxygens (including phenoxy) is 2. The number of piperidine rings is 1. The van der Waals surface area contributed by atoms with Crippen molar-refractivity contribution in [1.82, 2.24) is 9.47 Å². The number of anilines is 1. The van der Waals surface area contributed by atoms with Crippen molar-refractivity contribution in [2.24, 2.45) is 11.8 Å². The van der Waals surface area contributed by atoms with Crippen molar-refractivity contribution in [3.63, 3.8) is 0 Å². The molecule has 2 bridgehead atoms. The predicted molar refractivity (Wildman–Crippen MR) is 118 cm³/mol. The van der Waals surface area contributed by atoms with Crippen molar-refractivity contribution >= 4 is 17.5 Å². The van der Waals surface area contributed by atoms with Crippen LogP contribution in [0, 0.1) is 11.8 Å². The van der Waals surface area contributed by atoms with Crippen molar-refractivity contribution in [3.05, 3.63) is 52.4 Å². The minimum atomic E-state index is -0.393. The average molecular weight is 437 g/mol. The van der Waals surface area contributed by atoms with Crippen molar-refractivity contribution in [2.45, 2.75) is 25.3 Å². The minimum Gasteiger partial charge on any atom is -0.497 e. The van der Waals surface area contributed by atoms with Crippen LogP contribution >= 0.6 is 0 Å². The highest BCUT2D eigenvalue weighted by Crippen LogP contribution is 2.38. The van der Waals surface area contributed by atoms with Crippen LogP contribution in [-0.4, -0.2) is 55.1 Å². The smallest absolute Gasteiger partial charge is 0.250 e. The highest BCUT2D eigenvalue weighted by Gasteiger charge is 2.42. The van der Waals surface area contributed by atoms with Crippen molar-refractivity contribution in [2.75, 3.05) is 38.8 Å². The van der Waals surface area contributed by atoms with Crippen LogP contribution < -0.4 is 19.9 Å². The molecular weight excluding hydrogens is 410 g/mol. The second-order valence-electron chi connectivity index (χ2n) is 8.88. The molecule has 3 atom stereocenters. The second kappa shape index (κ2) is 8.00. The number of fused-ring (bicyclic) bond motifs is 4. The standard InChI is InChI=1S/C24H27N3O5/c1-31-18-6-7-21(32-2)20(10-18)27-14-17(9-23(27)29)24(30)25-11-15-8-16(13-25)19-4-3-5-22(28)26(19)12-15/h3-7,10,15-17H,8-9,11-14H2,1-2H3/t15-,16+,17-/m1/s1. The van der Waals surface area contributed by atoms with E-state index in [0.717, 1.165) is 12.1 Å². The molecule has 4 heterocycles. The first-order chi connectivity index (χ1) is 15.5. The van der Waals surface area contributed by atoms with Crippen LogP contribution in [0.2, 0.25) is 0 Å². The van der Waals surface area contributed by atoms with Crippen LogP contribution in [0.15, 0.2) is 41.2 Å². The summed E-state index contributed by atoms with van der Waals surface area (Å²) in [6.07, 6.45) is 1.17. The molecule has 0 N–H and O–H groups in total. The van der Waals surface area contributed by atoms with E-state index in [4.69, 9.17) is 9.47 Å². The van der Waals surface area contributed by atoms with E-state index in [1.54, 1.807) is 49.5 Å². The van der Waals surface area contributed by atoms with Crippen LogP contribution in [0.1, 0.15) is 24.5 Å². The molecule has 2 saturated heterocycles. The fraction of sp³-hybridized carbons (Fsp3) is 0.458. The van der Waals surface area contributed by atoms with Gasteiger partial charge in [-0.15, -0.1) is 0 Å². The highest BCUT2D eigenvalue weighted by molar-refractivity contribution is 6.01. The Hall–Kier alpha value is -3.29. The molecule has 2 aromatic rings. The molecule has 8 heteroatoms. The van der Waals surface area contributed by atoms with Gasteiger partial charge < -0.3 is 23.8 Å². The molecule has 2 fully saturated rings. The number of hydrogen-bond donors (Lipinski definition) is 0. The zero-order chi connectivity index (χ0) is 22.4. The third-order valence-corrected chi connectivity index (χ3v) is 6.94. The van der Waals surface area contributed by atoms with Crippen LogP contribution in [0.5, 0.6) is 11.5 Å². The SMILES string of the molecule is COc1ccc(OC)c(N2C[C@H](C(=O)N3C[C@H]4C[C@@H](C3)c3cccc(=O)n3C4)CC2=O)c1. The maximum absolute atomic E-state index is 13.4. The number of nitrogens with zero attached hydrogens (tertiary/aromatic N) is 3. The summed E-state index contributed by atoms with van der Waals surface area (Å²) in [5.41, 5.74) is 1.66. The fourth-order valence-corrected chi connectivity index (χ4v) is 5.45. The molecular formula is C24H27N3O5. The molecule has 0 saturated carbocycles. The third-order valence-electron chi connectivity index (χ3n) is 6.94. The Kier molecular flexibility index (Phi) is 5.15. The molecule has 0 aliphatic carbocycles. The average Bonchev–Trinajstić information content (AvgIpc) is 3.20. The summed E-state index contributed by atoms with van der Waals surface area (Å²) in [4.78, 5) is 42.1. The van der Waals surface area contributed by atoms with Gasteiger partial charge in [-0.2, -0.15) is 0 Å². The number of pyridine rings is 1. The molecule has 32 heavy (non-hydrogen) atoms. The number of methoxy groups -OCH3 is 2. The Labute approximate surface area is 186 Å². The molecule has 0 spiro atoms. The van der Waals surface area contributed by atoms with Crippen molar-refractivity contribution in [1.29, 1.82) is 0 Å². The van der Waals surface area contributed by atoms with E-state index >= 15 is 0 Å². The molecule has 3 aliphatic heterocycles. The van der Waals surface area contributed by atoms with Crippen molar-refractivity contribution < 1.29 is 19.1 Å². The number of amides is 2. The van der Waals surface area contributed by atoms with Gasteiger partial charge in [-0.1, -0.05) is 6.07 Å². The van der Waals surface area contributed by atoms with Gasteiger partial charge in [0.2, 0.25) is 11.8 Å². The van der Waals surface area contributed by atoms with Gasteiger partial charge in [0.25, 0.3) is 5.56 Å². The molecule has 168 valence electrons. The number of carbonyl (C=O) groups is 2.